The van der Waals surface area contributed by atoms with Gasteiger partial charge < -0.3 is 4.74 Å². The molecular weight excluding hydrogens is 400 g/mol. The molecule has 0 aliphatic carbocycles. The molecule has 0 bridgehead atoms. The van der Waals surface area contributed by atoms with Gasteiger partial charge in [0, 0.05) is 28.8 Å². The molecule has 0 aliphatic rings. The van der Waals surface area contributed by atoms with E-state index in [1.807, 2.05) is 32.0 Å². The van der Waals surface area contributed by atoms with Crippen molar-refractivity contribution >= 4 is 28.1 Å². The van der Waals surface area contributed by atoms with Gasteiger partial charge in [-0.2, -0.15) is 0 Å². The first-order valence-corrected chi connectivity index (χ1v) is 10.2. The number of nitrogens with zero attached hydrogens (tertiary/aromatic N) is 2. The molecule has 0 spiro atoms. The number of carbonyl (C=O) groups is 2. The number of hydrogen-bond donors (Lipinski definition) is 0. The van der Waals surface area contributed by atoms with Gasteiger partial charge in [0.2, 0.25) is 0 Å². The van der Waals surface area contributed by atoms with Crippen molar-refractivity contribution in [1.29, 1.82) is 0 Å². The molecule has 150 valence electrons. The Morgan fingerprint density at radius 2 is 1.80 bits per heavy atom. The third-order valence-corrected chi connectivity index (χ3v) is 5.49. The van der Waals surface area contributed by atoms with Crippen molar-refractivity contribution in [3.8, 4) is 0 Å². The van der Waals surface area contributed by atoms with Gasteiger partial charge in [-0.15, -0.1) is 11.3 Å². The molecule has 0 unspecified atom stereocenters. The molecule has 0 saturated heterocycles. The number of esters is 1. The van der Waals surface area contributed by atoms with E-state index in [1.165, 1.54) is 21.8 Å². The average molecular weight is 418 g/mol. The van der Waals surface area contributed by atoms with E-state index in [0.717, 1.165) is 11.1 Å². The fraction of sp³-hybridized carbons (Fsp3) is 0.130. The van der Waals surface area contributed by atoms with Crippen molar-refractivity contribution in [2.75, 3.05) is 0 Å². The van der Waals surface area contributed by atoms with Crippen LogP contribution in [0.4, 0.5) is 0 Å². The zero-order valence-electron chi connectivity index (χ0n) is 16.4. The lowest BCUT2D eigenvalue weighted by atomic mass is 9.94. The van der Waals surface area contributed by atoms with E-state index < -0.39 is 5.97 Å². The van der Waals surface area contributed by atoms with Crippen molar-refractivity contribution in [3.63, 3.8) is 0 Å². The van der Waals surface area contributed by atoms with Crippen LogP contribution in [0.25, 0.3) is 4.96 Å². The first kappa shape index (κ1) is 19.7. The van der Waals surface area contributed by atoms with E-state index in [-0.39, 0.29) is 29.1 Å². The van der Waals surface area contributed by atoms with Gasteiger partial charge in [0.25, 0.3) is 5.56 Å². The predicted octanol–water partition coefficient (Wildman–Crippen LogP) is 3.96. The molecule has 0 radical (unpaired) electrons. The van der Waals surface area contributed by atoms with Crippen LogP contribution < -0.4 is 5.56 Å². The third kappa shape index (κ3) is 3.79. The molecule has 4 rings (SSSR count). The lowest BCUT2D eigenvalue weighted by Crippen LogP contribution is -2.16. The fourth-order valence-corrected chi connectivity index (χ4v) is 3.90. The van der Waals surface area contributed by atoms with Gasteiger partial charge in [-0.05, 0) is 31.5 Å². The zero-order chi connectivity index (χ0) is 21.3. The number of fused-ring (bicyclic) bond motifs is 1. The smallest absolute Gasteiger partial charge is 0.339 e. The first-order chi connectivity index (χ1) is 14.4. The summed E-state index contributed by atoms with van der Waals surface area (Å²) in [6, 6.07) is 13.5. The lowest BCUT2D eigenvalue weighted by Gasteiger charge is -2.11. The largest absolute Gasteiger partial charge is 0.456 e. The summed E-state index contributed by atoms with van der Waals surface area (Å²) in [5.74, 6) is -0.877. The molecular formula is C23H18N2O4S. The first-order valence-electron chi connectivity index (χ1n) is 9.28. The van der Waals surface area contributed by atoms with Crippen molar-refractivity contribution in [3.05, 3.63) is 104 Å². The second kappa shape index (κ2) is 8.04. The van der Waals surface area contributed by atoms with Gasteiger partial charge in [0.1, 0.15) is 6.61 Å². The van der Waals surface area contributed by atoms with Crippen LogP contribution >= 0.6 is 11.3 Å². The predicted molar refractivity (Wildman–Crippen MR) is 114 cm³/mol. The maximum atomic E-state index is 13.1. The minimum Gasteiger partial charge on any atom is -0.456 e. The molecule has 6 nitrogen and oxygen atoms in total. The van der Waals surface area contributed by atoms with Gasteiger partial charge in [0.05, 0.1) is 11.3 Å². The number of benzene rings is 2. The fourth-order valence-electron chi connectivity index (χ4n) is 3.16. The summed E-state index contributed by atoms with van der Waals surface area (Å²) >= 11 is 1.32. The molecule has 4 aromatic rings. The molecule has 0 fully saturated rings. The average Bonchev–Trinajstić information content (AvgIpc) is 3.22. The zero-order valence-corrected chi connectivity index (χ0v) is 17.2. The topological polar surface area (TPSA) is 77.7 Å². The Hall–Kier alpha value is -3.58. The Bertz CT molecular complexity index is 1340. The van der Waals surface area contributed by atoms with Gasteiger partial charge in [0.15, 0.2) is 10.7 Å². The molecule has 30 heavy (non-hydrogen) atoms. The third-order valence-electron chi connectivity index (χ3n) is 4.74. The number of carbonyl (C=O) groups excluding carboxylic acids is 2. The molecule has 0 atom stereocenters. The molecule has 0 saturated carbocycles. The van der Waals surface area contributed by atoms with Crippen molar-refractivity contribution in [1.82, 2.24) is 9.38 Å². The van der Waals surface area contributed by atoms with Crippen LogP contribution in [0.15, 0.2) is 64.9 Å². The van der Waals surface area contributed by atoms with Crippen LogP contribution in [0.3, 0.4) is 0 Å². The van der Waals surface area contributed by atoms with Crippen molar-refractivity contribution in [2.45, 2.75) is 20.5 Å². The number of thiazole rings is 1. The number of hydrogen-bond acceptors (Lipinski definition) is 6. The van der Waals surface area contributed by atoms with Gasteiger partial charge >= 0.3 is 5.97 Å². The van der Waals surface area contributed by atoms with Gasteiger partial charge in [-0.25, -0.2) is 9.78 Å². The molecule has 0 N–H and O–H groups in total. The van der Waals surface area contributed by atoms with Crippen molar-refractivity contribution in [2.24, 2.45) is 0 Å². The minimum absolute atomic E-state index is 0.158. The van der Waals surface area contributed by atoms with E-state index in [9.17, 15) is 14.4 Å². The maximum absolute atomic E-state index is 13.1. The van der Waals surface area contributed by atoms with Gasteiger partial charge in [-0.1, -0.05) is 35.9 Å². The summed E-state index contributed by atoms with van der Waals surface area (Å²) in [6.45, 7) is 3.61. The molecule has 2 heterocycles. The van der Waals surface area contributed by atoms with Crippen LogP contribution in [-0.4, -0.2) is 21.1 Å². The van der Waals surface area contributed by atoms with E-state index in [4.69, 9.17) is 4.74 Å². The summed E-state index contributed by atoms with van der Waals surface area (Å²) in [5.41, 5.74) is 2.92. The number of aromatic nitrogens is 2. The second-order valence-corrected chi connectivity index (χ2v) is 7.78. The van der Waals surface area contributed by atoms with E-state index in [0.29, 0.717) is 16.2 Å². The van der Waals surface area contributed by atoms with Crippen LogP contribution in [0, 0.1) is 13.8 Å². The van der Waals surface area contributed by atoms with Gasteiger partial charge in [-0.3, -0.25) is 14.0 Å². The van der Waals surface area contributed by atoms with Crippen LogP contribution in [0.1, 0.15) is 43.1 Å². The maximum Gasteiger partial charge on any atom is 0.339 e. The van der Waals surface area contributed by atoms with Crippen LogP contribution in [0.5, 0.6) is 0 Å². The molecule has 0 amide bonds. The minimum atomic E-state index is -0.641. The lowest BCUT2D eigenvalue weighted by molar-refractivity contribution is 0.0465. The molecule has 7 heteroatoms. The number of ketones is 1. The Morgan fingerprint density at radius 3 is 2.60 bits per heavy atom. The summed E-state index contributed by atoms with van der Waals surface area (Å²) in [4.78, 5) is 42.8. The Morgan fingerprint density at radius 1 is 1.03 bits per heavy atom. The number of aryl methyl sites for hydroxylation is 2. The Kier molecular flexibility index (Phi) is 5.29. The van der Waals surface area contributed by atoms with Crippen molar-refractivity contribution < 1.29 is 14.3 Å². The summed E-state index contributed by atoms with van der Waals surface area (Å²) in [7, 11) is 0. The van der Waals surface area contributed by atoms with Crippen LogP contribution in [0.2, 0.25) is 0 Å². The number of rotatable bonds is 5. The summed E-state index contributed by atoms with van der Waals surface area (Å²) in [5, 5.41) is 1.76. The highest BCUT2D eigenvalue weighted by Crippen LogP contribution is 2.20. The summed E-state index contributed by atoms with van der Waals surface area (Å²) in [6.07, 6.45) is 1.64. The highest BCUT2D eigenvalue weighted by atomic mass is 32.1. The summed E-state index contributed by atoms with van der Waals surface area (Å²) < 4.78 is 6.80. The molecule has 2 aromatic carbocycles. The SMILES string of the molecule is Cc1ccc(C)c(C(=O)c2ccccc2C(=O)OCc2cc(=O)n3ccsc3n2)c1. The number of ether oxygens (including phenoxy) is 1. The highest BCUT2D eigenvalue weighted by molar-refractivity contribution is 7.15. The van der Waals surface area contributed by atoms with E-state index in [1.54, 1.807) is 35.8 Å². The highest BCUT2D eigenvalue weighted by Gasteiger charge is 2.20. The Labute approximate surface area is 176 Å². The molecule has 2 aromatic heterocycles. The molecule has 0 aliphatic heterocycles. The standard InChI is InChI=1S/C23H18N2O4S/c1-14-7-8-15(2)19(11-14)21(27)17-5-3-4-6-18(17)22(28)29-13-16-12-20(26)25-9-10-30-23(25)24-16/h3-12H,13H2,1-2H3. The van der Waals surface area contributed by atoms with Crippen LogP contribution in [-0.2, 0) is 11.3 Å². The normalized spacial score (nSPS) is 10.9. The van der Waals surface area contributed by atoms with E-state index >= 15 is 0 Å². The Balaban J connectivity index is 1.59. The monoisotopic (exact) mass is 418 g/mol. The quantitative estimate of drug-likeness (QED) is 0.362. The second-order valence-electron chi connectivity index (χ2n) is 6.91. The van der Waals surface area contributed by atoms with E-state index in [2.05, 4.69) is 4.98 Å².